The molecule has 0 bridgehead atoms. The van der Waals surface area contributed by atoms with E-state index >= 15 is 0 Å². The van der Waals surface area contributed by atoms with Crippen LogP contribution in [0.5, 0.6) is 0 Å². The van der Waals surface area contributed by atoms with Crippen LogP contribution >= 0.6 is 11.8 Å². The van der Waals surface area contributed by atoms with Gasteiger partial charge in [0, 0.05) is 41.7 Å². The van der Waals surface area contributed by atoms with Gasteiger partial charge in [-0.15, -0.1) is 16.9 Å². The van der Waals surface area contributed by atoms with E-state index in [0.717, 1.165) is 45.3 Å². The number of nitrogens with one attached hydrogen (secondary N) is 3. The van der Waals surface area contributed by atoms with Gasteiger partial charge < -0.3 is 30.9 Å². The van der Waals surface area contributed by atoms with Crippen molar-refractivity contribution in [1.82, 2.24) is 46.0 Å². The smallest absolute Gasteiger partial charge is 0.353 e. The zero-order valence-corrected chi connectivity index (χ0v) is 24.1. The minimum absolute atomic E-state index is 0.0134. The summed E-state index contributed by atoms with van der Waals surface area (Å²) in [5.74, 6) is -2.38. The number of likely N-dealkylation sites (tertiary alicyclic amines) is 1. The number of hydrogen-bond donors (Lipinski definition) is 4. The molecule has 1 aromatic rings. The van der Waals surface area contributed by atoms with Crippen LogP contribution in [0.4, 0.5) is 0 Å². The molecule has 1 unspecified atom stereocenters. The van der Waals surface area contributed by atoms with Crippen molar-refractivity contribution in [2.75, 3.05) is 26.2 Å². The number of carboxylic acids is 1. The molecule has 6 rings (SSSR count). The molecule has 3 amide bonds. The van der Waals surface area contributed by atoms with Gasteiger partial charge in [-0.3, -0.25) is 14.4 Å². The second-order valence-corrected chi connectivity index (χ2v) is 13.3. The minimum Gasteiger partial charge on any atom is -0.477 e. The molecule has 6 heterocycles. The molecular formula is C26H37N9O5S. The van der Waals surface area contributed by atoms with Gasteiger partial charge in [-0.05, 0) is 56.0 Å². The molecule has 222 valence electrons. The molecule has 7 atom stereocenters. The lowest BCUT2D eigenvalue weighted by atomic mass is 9.78. The number of tetrazole rings is 1. The molecule has 1 aromatic heterocycles. The summed E-state index contributed by atoms with van der Waals surface area (Å²) in [7, 11) is 0. The maximum absolute atomic E-state index is 13.6. The number of aromatic nitrogens is 4. The summed E-state index contributed by atoms with van der Waals surface area (Å²) in [6.45, 7) is 6.85. The summed E-state index contributed by atoms with van der Waals surface area (Å²) in [6, 6.07) is -1.14. The van der Waals surface area contributed by atoms with E-state index in [1.807, 2.05) is 6.92 Å². The van der Waals surface area contributed by atoms with Gasteiger partial charge in [-0.25, -0.2) is 9.48 Å². The Bertz CT molecular complexity index is 1250. The van der Waals surface area contributed by atoms with Crippen LogP contribution in [-0.4, -0.2) is 114 Å². The Morgan fingerprint density at radius 3 is 2.80 bits per heavy atom. The number of β-lactam (4-membered cyclic amide) rings is 1. The van der Waals surface area contributed by atoms with Crippen LogP contribution in [0.25, 0.3) is 0 Å². The van der Waals surface area contributed by atoms with E-state index in [-0.39, 0.29) is 58.8 Å². The number of thioether (sulfide) groups is 1. The van der Waals surface area contributed by atoms with Crippen LogP contribution in [0, 0.1) is 11.8 Å². The maximum atomic E-state index is 13.6. The number of rotatable bonds is 8. The fourth-order valence-corrected chi connectivity index (χ4v) is 8.99. The molecular weight excluding hydrogens is 550 g/mol. The molecule has 5 aliphatic rings. The Labute approximate surface area is 242 Å². The average Bonchev–Trinajstić information content (AvgIpc) is 3.73. The fraction of sp³-hybridized carbons (Fsp3) is 0.731. The van der Waals surface area contributed by atoms with Crippen molar-refractivity contribution in [3.63, 3.8) is 0 Å². The average molecular weight is 588 g/mol. The van der Waals surface area contributed by atoms with E-state index in [4.69, 9.17) is 0 Å². The largest absolute Gasteiger partial charge is 0.477 e. The lowest BCUT2D eigenvalue weighted by Crippen LogP contribution is -2.66. The van der Waals surface area contributed by atoms with Crippen LogP contribution < -0.4 is 16.0 Å². The third-order valence-electron chi connectivity index (χ3n) is 9.41. The molecule has 4 saturated heterocycles. The maximum Gasteiger partial charge on any atom is 0.353 e. The number of amides is 3. The Morgan fingerprint density at radius 1 is 1.29 bits per heavy atom. The first-order chi connectivity index (χ1) is 19.7. The number of nitrogens with zero attached hydrogens (tertiary/aromatic N) is 6. The zero-order chi connectivity index (χ0) is 28.9. The molecule has 1 spiro atoms. The number of hydrogen-bond acceptors (Lipinski definition) is 10. The van der Waals surface area contributed by atoms with Gasteiger partial charge in [0.2, 0.25) is 17.7 Å². The zero-order valence-electron chi connectivity index (χ0n) is 23.3. The van der Waals surface area contributed by atoms with Gasteiger partial charge in [0.05, 0.1) is 23.5 Å². The highest BCUT2D eigenvalue weighted by Crippen LogP contribution is 2.52. The first-order valence-corrected chi connectivity index (χ1v) is 15.3. The van der Waals surface area contributed by atoms with Crippen molar-refractivity contribution in [2.45, 2.75) is 81.4 Å². The van der Waals surface area contributed by atoms with E-state index < -0.39 is 17.9 Å². The number of piperidine rings is 1. The van der Waals surface area contributed by atoms with Crippen molar-refractivity contribution in [2.24, 2.45) is 11.8 Å². The normalized spacial score (nSPS) is 33.7. The number of fused-ring (bicyclic) bond motifs is 1. The number of aliphatic carboxylic acids is 1. The summed E-state index contributed by atoms with van der Waals surface area (Å²) in [6.07, 6.45) is 6.10. The summed E-state index contributed by atoms with van der Waals surface area (Å²) in [4.78, 5) is 55.9. The van der Waals surface area contributed by atoms with E-state index in [0.29, 0.717) is 17.9 Å². The molecule has 0 radical (unpaired) electrons. The molecule has 15 heteroatoms. The topological polar surface area (TPSA) is 175 Å². The lowest BCUT2D eigenvalue weighted by molar-refractivity contribution is -0.158. The first-order valence-electron chi connectivity index (χ1n) is 14.4. The van der Waals surface area contributed by atoms with E-state index in [1.165, 1.54) is 27.7 Å². The molecule has 14 nitrogen and oxygen atoms in total. The Balaban J connectivity index is 1.10. The predicted molar refractivity (Wildman–Crippen MR) is 147 cm³/mol. The molecule has 0 aromatic carbocycles. The van der Waals surface area contributed by atoms with Crippen LogP contribution in [0.2, 0.25) is 0 Å². The van der Waals surface area contributed by atoms with Gasteiger partial charge in [-0.1, -0.05) is 6.92 Å². The SMILES string of the molecule is C[C@@H](NC(=O)Cn1cnnn1)[C@H]1C(=O)N2C(C(=O)O)=C(S[C@@H]3CN[C@H](C(=O)N4CCCC45CCCNC5)C3)[C@H](C)[C@H]12. The van der Waals surface area contributed by atoms with Crippen LogP contribution in [0.3, 0.4) is 0 Å². The summed E-state index contributed by atoms with van der Waals surface area (Å²) >= 11 is 1.48. The number of carbonyl (C=O) groups excluding carboxylic acids is 3. The lowest BCUT2D eigenvalue weighted by Gasteiger charge is -2.47. The van der Waals surface area contributed by atoms with E-state index in [9.17, 15) is 24.3 Å². The molecule has 4 fully saturated rings. The highest BCUT2D eigenvalue weighted by Gasteiger charge is 2.60. The Kier molecular flexibility index (Phi) is 7.53. The fourth-order valence-electron chi connectivity index (χ4n) is 7.51. The van der Waals surface area contributed by atoms with Crippen LogP contribution in [0.15, 0.2) is 16.9 Å². The van der Waals surface area contributed by atoms with Gasteiger partial charge in [0.15, 0.2) is 0 Å². The van der Waals surface area contributed by atoms with E-state index in [2.05, 4.69) is 36.4 Å². The van der Waals surface area contributed by atoms with Crippen molar-refractivity contribution < 1.29 is 24.3 Å². The number of carboxylic acid groups (broad SMARTS) is 1. The van der Waals surface area contributed by atoms with E-state index in [1.54, 1.807) is 6.92 Å². The first kappa shape index (κ1) is 28.1. The van der Waals surface area contributed by atoms with Gasteiger partial charge >= 0.3 is 5.97 Å². The quantitative estimate of drug-likeness (QED) is 0.279. The monoisotopic (exact) mass is 587 g/mol. The molecule has 41 heavy (non-hydrogen) atoms. The molecule has 5 aliphatic heterocycles. The summed E-state index contributed by atoms with van der Waals surface area (Å²) in [5, 5.41) is 30.6. The van der Waals surface area contributed by atoms with Crippen LogP contribution in [0.1, 0.15) is 46.0 Å². The third kappa shape index (κ3) is 4.91. The predicted octanol–water partition coefficient (Wildman–Crippen LogP) is -0.841. The standard InChI is InChI=1S/C26H37N9O5S/c1-14-20-19(15(2)30-18(36)11-33-13-29-31-32-33)24(38)35(20)21(25(39)40)22(14)41-16-9-17(28-10-16)23(37)34-8-4-6-26(34)5-3-7-27-12-26/h13-17,19-20,27-28H,3-12H2,1-2H3,(H,30,36)(H,39,40)/t14-,15-,16+,17+,19-,20-,26?/m1/s1. The minimum atomic E-state index is -1.13. The van der Waals surface area contributed by atoms with Gasteiger partial charge in [0.25, 0.3) is 0 Å². The Hall–Kier alpha value is -3.04. The van der Waals surface area contributed by atoms with Crippen molar-refractivity contribution in [3.05, 3.63) is 16.9 Å². The van der Waals surface area contributed by atoms with Gasteiger partial charge in [0.1, 0.15) is 18.6 Å². The Morgan fingerprint density at radius 2 is 2.10 bits per heavy atom. The molecule has 4 N–H and O–H groups in total. The number of carbonyl (C=O) groups is 4. The molecule has 0 saturated carbocycles. The van der Waals surface area contributed by atoms with Crippen molar-refractivity contribution in [1.29, 1.82) is 0 Å². The second-order valence-electron chi connectivity index (χ2n) is 11.9. The third-order valence-corrected chi connectivity index (χ3v) is 10.9. The van der Waals surface area contributed by atoms with Crippen molar-refractivity contribution in [3.8, 4) is 0 Å². The summed E-state index contributed by atoms with van der Waals surface area (Å²) < 4.78 is 1.29. The van der Waals surface area contributed by atoms with Gasteiger partial charge in [-0.2, -0.15) is 0 Å². The van der Waals surface area contributed by atoms with Crippen molar-refractivity contribution >= 4 is 35.5 Å². The van der Waals surface area contributed by atoms with Crippen LogP contribution in [-0.2, 0) is 25.7 Å². The molecule has 0 aliphatic carbocycles. The highest BCUT2D eigenvalue weighted by atomic mass is 32.2. The highest BCUT2D eigenvalue weighted by molar-refractivity contribution is 8.03. The second kappa shape index (κ2) is 11.0. The summed E-state index contributed by atoms with van der Waals surface area (Å²) in [5.41, 5.74) is -0.0519.